The molecule has 1 rings (SSSR count). The van der Waals surface area contributed by atoms with E-state index >= 15 is 0 Å². The third-order valence-corrected chi connectivity index (χ3v) is 2.47. The molecule has 0 amide bonds. The number of aryl methyl sites for hydroxylation is 1. The summed E-state index contributed by atoms with van der Waals surface area (Å²) in [5.41, 5.74) is 1.57. The lowest BCUT2D eigenvalue weighted by atomic mass is 10.2. The SMILES string of the molecule is CCN(CCC#N)c1cc(C)ncc1C(=O)O. The summed E-state index contributed by atoms with van der Waals surface area (Å²) >= 11 is 0. The molecule has 0 aromatic carbocycles. The summed E-state index contributed by atoms with van der Waals surface area (Å²) in [6.07, 6.45) is 1.73. The fraction of sp³-hybridized carbons (Fsp3) is 0.417. The number of anilines is 1. The van der Waals surface area contributed by atoms with Crippen LogP contribution in [0.4, 0.5) is 5.69 Å². The van der Waals surface area contributed by atoms with E-state index in [4.69, 9.17) is 10.4 Å². The summed E-state index contributed by atoms with van der Waals surface area (Å²) in [6, 6.07) is 3.80. The summed E-state index contributed by atoms with van der Waals surface area (Å²) in [4.78, 5) is 17.0. The van der Waals surface area contributed by atoms with Crippen LogP contribution in [0.25, 0.3) is 0 Å². The maximum absolute atomic E-state index is 11.1. The Balaban J connectivity index is 3.12. The van der Waals surface area contributed by atoms with Crippen LogP contribution in [0.15, 0.2) is 12.3 Å². The molecule has 90 valence electrons. The van der Waals surface area contributed by atoms with Gasteiger partial charge in [0, 0.05) is 25.0 Å². The topological polar surface area (TPSA) is 77.2 Å². The molecular weight excluding hydrogens is 218 g/mol. The van der Waals surface area contributed by atoms with E-state index in [9.17, 15) is 4.79 Å². The Morgan fingerprint density at radius 1 is 1.65 bits per heavy atom. The number of aromatic carboxylic acids is 1. The van der Waals surface area contributed by atoms with Crippen molar-refractivity contribution in [1.29, 1.82) is 5.26 Å². The van der Waals surface area contributed by atoms with E-state index in [0.29, 0.717) is 25.2 Å². The van der Waals surface area contributed by atoms with Gasteiger partial charge in [-0.05, 0) is 19.9 Å². The molecular formula is C12H15N3O2. The Labute approximate surface area is 100 Å². The predicted octanol–water partition coefficient (Wildman–Crippen LogP) is 1.83. The summed E-state index contributed by atoms with van der Waals surface area (Å²) in [5, 5.41) is 17.7. The maximum atomic E-state index is 11.1. The van der Waals surface area contributed by atoms with Gasteiger partial charge in [-0.15, -0.1) is 0 Å². The minimum Gasteiger partial charge on any atom is -0.478 e. The van der Waals surface area contributed by atoms with Crippen LogP contribution in [-0.4, -0.2) is 29.1 Å². The highest BCUT2D eigenvalue weighted by molar-refractivity contribution is 5.94. The van der Waals surface area contributed by atoms with Gasteiger partial charge in [-0.3, -0.25) is 4.98 Å². The number of hydrogen-bond donors (Lipinski definition) is 1. The Morgan fingerprint density at radius 3 is 2.88 bits per heavy atom. The average Bonchev–Trinajstić information content (AvgIpc) is 2.29. The average molecular weight is 233 g/mol. The van der Waals surface area contributed by atoms with Crippen molar-refractivity contribution in [3.63, 3.8) is 0 Å². The van der Waals surface area contributed by atoms with Gasteiger partial charge in [0.2, 0.25) is 0 Å². The van der Waals surface area contributed by atoms with E-state index in [1.807, 2.05) is 18.7 Å². The van der Waals surface area contributed by atoms with Crippen molar-refractivity contribution < 1.29 is 9.90 Å². The van der Waals surface area contributed by atoms with Crippen LogP contribution in [-0.2, 0) is 0 Å². The normalized spacial score (nSPS) is 9.71. The van der Waals surface area contributed by atoms with Gasteiger partial charge in [0.05, 0.1) is 18.2 Å². The van der Waals surface area contributed by atoms with Gasteiger partial charge in [0.1, 0.15) is 5.56 Å². The molecule has 0 atom stereocenters. The Morgan fingerprint density at radius 2 is 2.35 bits per heavy atom. The third kappa shape index (κ3) is 3.18. The zero-order valence-electron chi connectivity index (χ0n) is 9.97. The fourth-order valence-electron chi connectivity index (χ4n) is 1.61. The number of carboxylic acids is 1. The number of pyridine rings is 1. The van der Waals surface area contributed by atoms with E-state index < -0.39 is 5.97 Å². The number of rotatable bonds is 5. The molecule has 0 bridgehead atoms. The molecule has 1 aromatic rings. The van der Waals surface area contributed by atoms with Crippen molar-refractivity contribution >= 4 is 11.7 Å². The van der Waals surface area contributed by atoms with Crippen molar-refractivity contribution in [3.8, 4) is 6.07 Å². The molecule has 1 heterocycles. The number of carboxylic acid groups (broad SMARTS) is 1. The summed E-state index contributed by atoms with van der Waals surface area (Å²) in [5.74, 6) is -0.997. The van der Waals surface area contributed by atoms with Crippen LogP contribution in [0.1, 0.15) is 29.4 Å². The molecule has 0 aliphatic carbocycles. The first kappa shape index (κ1) is 13.0. The zero-order valence-corrected chi connectivity index (χ0v) is 9.97. The van der Waals surface area contributed by atoms with Gasteiger partial charge in [-0.1, -0.05) is 0 Å². The molecule has 0 spiro atoms. The van der Waals surface area contributed by atoms with Gasteiger partial charge >= 0.3 is 5.97 Å². The molecule has 5 nitrogen and oxygen atoms in total. The van der Waals surface area contributed by atoms with Gasteiger partial charge in [-0.2, -0.15) is 5.26 Å². The smallest absolute Gasteiger partial charge is 0.339 e. The Bertz CT molecular complexity index is 452. The first-order valence-electron chi connectivity index (χ1n) is 5.42. The molecule has 0 saturated heterocycles. The van der Waals surface area contributed by atoms with Gasteiger partial charge < -0.3 is 10.0 Å². The van der Waals surface area contributed by atoms with Gasteiger partial charge in [-0.25, -0.2) is 4.79 Å². The lowest BCUT2D eigenvalue weighted by Crippen LogP contribution is -2.26. The van der Waals surface area contributed by atoms with Crippen molar-refractivity contribution in [2.45, 2.75) is 20.3 Å². The van der Waals surface area contributed by atoms with Crippen molar-refractivity contribution in [3.05, 3.63) is 23.5 Å². The van der Waals surface area contributed by atoms with E-state index in [-0.39, 0.29) is 5.56 Å². The summed E-state index contributed by atoms with van der Waals surface area (Å²) in [7, 11) is 0. The van der Waals surface area contributed by atoms with E-state index in [2.05, 4.69) is 11.1 Å². The highest BCUT2D eigenvalue weighted by Gasteiger charge is 2.15. The van der Waals surface area contributed by atoms with Crippen molar-refractivity contribution in [1.82, 2.24) is 4.98 Å². The quantitative estimate of drug-likeness (QED) is 0.839. The van der Waals surface area contributed by atoms with Crippen LogP contribution >= 0.6 is 0 Å². The van der Waals surface area contributed by atoms with Crippen LogP contribution in [0.2, 0.25) is 0 Å². The second-order valence-electron chi connectivity index (χ2n) is 3.64. The second kappa shape index (κ2) is 5.85. The largest absolute Gasteiger partial charge is 0.478 e. The number of carbonyl (C=O) groups is 1. The van der Waals surface area contributed by atoms with E-state index in [1.54, 1.807) is 6.07 Å². The predicted molar refractivity (Wildman–Crippen MR) is 64.1 cm³/mol. The fourth-order valence-corrected chi connectivity index (χ4v) is 1.61. The first-order chi connectivity index (χ1) is 8.10. The lowest BCUT2D eigenvalue weighted by molar-refractivity contribution is 0.0697. The number of nitrogens with zero attached hydrogens (tertiary/aromatic N) is 3. The number of aromatic nitrogens is 1. The van der Waals surface area contributed by atoms with Gasteiger partial charge in [0.25, 0.3) is 0 Å². The molecule has 0 aliphatic rings. The number of nitriles is 1. The standard InChI is InChI=1S/C12H15N3O2/c1-3-15(6-4-5-13)11-7-9(2)14-8-10(11)12(16)17/h7-8H,3-4,6H2,1-2H3,(H,16,17). The summed E-state index contributed by atoms with van der Waals surface area (Å²) < 4.78 is 0. The molecule has 1 N–H and O–H groups in total. The van der Waals surface area contributed by atoms with Crippen LogP contribution in [0.5, 0.6) is 0 Å². The molecule has 5 heteroatoms. The zero-order chi connectivity index (χ0) is 12.8. The maximum Gasteiger partial charge on any atom is 0.339 e. The van der Waals surface area contributed by atoms with Crippen molar-refractivity contribution in [2.24, 2.45) is 0 Å². The van der Waals surface area contributed by atoms with Crippen LogP contribution in [0, 0.1) is 18.3 Å². The molecule has 1 aromatic heterocycles. The molecule has 0 radical (unpaired) electrons. The highest BCUT2D eigenvalue weighted by Crippen LogP contribution is 2.21. The molecule has 0 aliphatic heterocycles. The van der Waals surface area contributed by atoms with Crippen LogP contribution in [0.3, 0.4) is 0 Å². The Hall–Kier alpha value is -2.09. The highest BCUT2D eigenvalue weighted by atomic mass is 16.4. The molecule has 0 saturated carbocycles. The monoisotopic (exact) mass is 233 g/mol. The minimum atomic E-state index is -0.997. The number of hydrogen-bond acceptors (Lipinski definition) is 4. The third-order valence-electron chi connectivity index (χ3n) is 2.47. The molecule has 17 heavy (non-hydrogen) atoms. The summed E-state index contributed by atoms with van der Waals surface area (Å²) in [6.45, 7) is 4.92. The molecule has 0 fully saturated rings. The van der Waals surface area contributed by atoms with E-state index in [0.717, 1.165) is 5.69 Å². The first-order valence-corrected chi connectivity index (χ1v) is 5.42. The van der Waals surface area contributed by atoms with Crippen molar-refractivity contribution in [2.75, 3.05) is 18.0 Å². The second-order valence-corrected chi connectivity index (χ2v) is 3.64. The van der Waals surface area contributed by atoms with E-state index in [1.165, 1.54) is 6.20 Å². The Kier molecular flexibility index (Phi) is 4.46. The van der Waals surface area contributed by atoms with Gasteiger partial charge in [0.15, 0.2) is 0 Å². The minimum absolute atomic E-state index is 0.176. The van der Waals surface area contributed by atoms with Crippen LogP contribution < -0.4 is 4.90 Å². The molecule has 0 unspecified atom stereocenters. The lowest BCUT2D eigenvalue weighted by Gasteiger charge is -2.23.